The lowest BCUT2D eigenvalue weighted by Gasteiger charge is -2.08. The second-order valence-corrected chi connectivity index (χ2v) is 8.10. The van der Waals surface area contributed by atoms with Gasteiger partial charge in [0.25, 0.3) is 0 Å². The molecule has 202 valence electrons. The molecule has 3 aromatic rings. The Hall–Kier alpha value is -4.98. The van der Waals surface area contributed by atoms with Crippen LogP contribution in [0, 0.1) is 0 Å². The minimum absolute atomic E-state index is 0.0631. The summed E-state index contributed by atoms with van der Waals surface area (Å²) in [5.41, 5.74) is 1.65. The smallest absolute Gasteiger partial charge is 0.189 e. The molecule has 8 heteroatoms. The van der Waals surface area contributed by atoms with Crippen LogP contribution in [0.25, 0.3) is 18.2 Å². The Balaban J connectivity index is 2.00. The molecule has 39 heavy (non-hydrogen) atoms. The zero-order valence-electron chi connectivity index (χ0n) is 22.4. The summed E-state index contributed by atoms with van der Waals surface area (Å²) in [4.78, 5) is 26.7. The van der Waals surface area contributed by atoms with E-state index >= 15 is 0 Å². The van der Waals surface area contributed by atoms with Gasteiger partial charge < -0.3 is 28.8 Å². The summed E-state index contributed by atoms with van der Waals surface area (Å²) in [5.74, 6) is 1.30. The summed E-state index contributed by atoms with van der Waals surface area (Å²) in [6.45, 7) is 0. The molecule has 0 fully saturated rings. The van der Waals surface area contributed by atoms with Gasteiger partial charge in [-0.15, -0.1) is 0 Å². The van der Waals surface area contributed by atoms with E-state index in [4.69, 9.17) is 23.7 Å². The van der Waals surface area contributed by atoms with Gasteiger partial charge in [-0.2, -0.15) is 0 Å². The number of ketones is 2. The van der Waals surface area contributed by atoms with Crippen LogP contribution in [-0.2, 0) is 9.59 Å². The Morgan fingerprint density at radius 1 is 0.615 bits per heavy atom. The largest absolute Gasteiger partial charge is 0.504 e. The molecule has 0 unspecified atom stereocenters. The van der Waals surface area contributed by atoms with Crippen LogP contribution in [0.1, 0.15) is 16.7 Å². The zero-order chi connectivity index (χ0) is 28.4. The fourth-order valence-corrected chi connectivity index (χ4v) is 3.64. The third kappa shape index (κ3) is 7.29. The number of methoxy groups -OCH3 is 5. The van der Waals surface area contributed by atoms with Crippen molar-refractivity contribution in [2.24, 2.45) is 0 Å². The molecular formula is C31H30O8. The second-order valence-electron chi connectivity index (χ2n) is 8.10. The van der Waals surface area contributed by atoms with Crippen LogP contribution < -0.4 is 23.7 Å². The molecule has 0 saturated carbocycles. The standard InChI is InChI=1S/C31H30O8/c1-35-23-11-7-21(29(18-23)37-3)9-14-26(32)25(16-20-6-13-28(34)31(17-20)39-5)27(33)15-10-22-8-12-24(36-2)19-30(22)38-4/h6-19,34H,1-5H3/b14-9+,15-10+. The third-order valence-corrected chi connectivity index (χ3v) is 5.76. The van der Waals surface area contributed by atoms with Gasteiger partial charge in [0.1, 0.15) is 23.0 Å². The van der Waals surface area contributed by atoms with E-state index in [9.17, 15) is 14.7 Å². The first-order valence-corrected chi connectivity index (χ1v) is 11.8. The highest BCUT2D eigenvalue weighted by molar-refractivity contribution is 6.31. The fraction of sp³-hybridized carbons (Fsp3) is 0.161. The van der Waals surface area contributed by atoms with Gasteiger partial charge in [-0.05, 0) is 72.3 Å². The average Bonchev–Trinajstić information content (AvgIpc) is 2.97. The van der Waals surface area contributed by atoms with E-state index in [2.05, 4.69) is 0 Å². The average molecular weight is 531 g/mol. The first-order chi connectivity index (χ1) is 18.8. The Kier molecular flexibility index (Phi) is 9.92. The molecule has 0 aromatic heterocycles. The number of aromatic hydroxyl groups is 1. The minimum Gasteiger partial charge on any atom is -0.504 e. The number of rotatable bonds is 12. The highest BCUT2D eigenvalue weighted by Crippen LogP contribution is 2.29. The molecule has 0 aliphatic heterocycles. The first-order valence-electron chi connectivity index (χ1n) is 11.8. The number of hydrogen-bond acceptors (Lipinski definition) is 8. The van der Waals surface area contributed by atoms with E-state index < -0.39 is 11.6 Å². The number of carbonyl (C=O) groups is 2. The van der Waals surface area contributed by atoms with E-state index in [1.807, 2.05) is 0 Å². The number of benzene rings is 3. The summed E-state index contributed by atoms with van der Waals surface area (Å²) in [6.07, 6.45) is 7.17. The Bertz CT molecular complexity index is 1350. The first kappa shape index (κ1) is 28.6. The van der Waals surface area contributed by atoms with Crippen molar-refractivity contribution < 1.29 is 38.4 Å². The Morgan fingerprint density at radius 3 is 1.54 bits per heavy atom. The van der Waals surface area contributed by atoms with Crippen molar-refractivity contribution in [3.8, 4) is 34.5 Å². The van der Waals surface area contributed by atoms with Gasteiger partial charge in [0.05, 0.1) is 41.1 Å². The molecule has 1 N–H and O–H groups in total. The maximum absolute atomic E-state index is 13.3. The van der Waals surface area contributed by atoms with Crippen LogP contribution in [0.15, 0.2) is 72.3 Å². The molecule has 0 aliphatic rings. The molecule has 0 spiro atoms. The molecule has 3 aromatic carbocycles. The summed E-state index contributed by atoms with van der Waals surface area (Å²) >= 11 is 0. The number of phenols is 1. The van der Waals surface area contributed by atoms with E-state index in [1.54, 1.807) is 68.8 Å². The number of phenolic OH excluding ortho intramolecular Hbond substituents is 1. The van der Waals surface area contributed by atoms with Crippen molar-refractivity contribution in [2.75, 3.05) is 35.5 Å². The highest BCUT2D eigenvalue weighted by atomic mass is 16.5. The monoisotopic (exact) mass is 530 g/mol. The van der Waals surface area contributed by atoms with Gasteiger partial charge in [-0.25, -0.2) is 0 Å². The number of carbonyl (C=O) groups excluding carboxylic acids is 2. The molecule has 0 saturated heterocycles. The summed E-state index contributed by atoms with van der Waals surface area (Å²) in [5, 5.41) is 9.94. The van der Waals surface area contributed by atoms with E-state index in [1.165, 1.54) is 51.7 Å². The fourth-order valence-electron chi connectivity index (χ4n) is 3.64. The van der Waals surface area contributed by atoms with Crippen LogP contribution >= 0.6 is 0 Å². The molecule has 0 bridgehead atoms. The van der Waals surface area contributed by atoms with Gasteiger partial charge >= 0.3 is 0 Å². The maximum atomic E-state index is 13.3. The van der Waals surface area contributed by atoms with Gasteiger partial charge in [0.2, 0.25) is 0 Å². The van der Waals surface area contributed by atoms with Crippen molar-refractivity contribution in [2.45, 2.75) is 0 Å². The van der Waals surface area contributed by atoms with Crippen molar-refractivity contribution in [1.82, 2.24) is 0 Å². The lowest BCUT2D eigenvalue weighted by Crippen LogP contribution is -2.08. The van der Waals surface area contributed by atoms with Gasteiger partial charge in [-0.1, -0.05) is 6.07 Å². The quantitative estimate of drug-likeness (QED) is 0.189. The normalized spacial score (nSPS) is 10.8. The van der Waals surface area contributed by atoms with E-state index in [0.717, 1.165) is 0 Å². The number of allylic oxidation sites excluding steroid dienone is 3. The van der Waals surface area contributed by atoms with Crippen LogP contribution in [0.4, 0.5) is 0 Å². The maximum Gasteiger partial charge on any atom is 0.189 e. The van der Waals surface area contributed by atoms with Crippen molar-refractivity contribution in [3.63, 3.8) is 0 Å². The summed E-state index contributed by atoms with van der Waals surface area (Å²) in [7, 11) is 7.53. The van der Waals surface area contributed by atoms with Crippen LogP contribution in [0.2, 0.25) is 0 Å². The molecule has 3 rings (SSSR count). The molecule has 0 amide bonds. The van der Waals surface area contributed by atoms with Crippen LogP contribution in [0.3, 0.4) is 0 Å². The summed E-state index contributed by atoms with van der Waals surface area (Å²) < 4.78 is 26.4. The summed E-state index contributed by atoms with van der Waals surface area (Å²) in [6, 6.07) is 14.9. The SMILES string of the molecule is COc1ccc(/C=C/C(=O)C(=Cc2ccc(O)c(OC)c2)C(=O)/C=C/c2ccc(OC)cc2OC)c(OC)c1. The number of ether oxygens (including phenoxy) is 5. The molecule has 0 radical (unpaired) electrons. The Labute approximate surface area is 227 Å². The van der Waals surface area contributed by atoms with Gasteiger partial charge in [0, 0.05) is 23.3 Å². The topological polar surface area (TPSA) is 101 Å². The van der Waals surface area contributed by atoms with E-state index in [0.29, 0.717) is 39.7 Å². The van der Waals surface area contributed by atoms with Crippen molar-refractivity contribution >= 4 is 29.8 Å². The Morgan fingerprint density at radius 2 is 1.10 bits per heavy atom. The minimum atomic E-state index is -0.531. The molecule has 0 atom stereocenters. The van der Waals surface area contributed by atoms with Crippen molar-refractivity contribution in [3.05, 3.63) is 89.0 Å². The predicted octanol–water partition coefficient (Wildman–Crippen LogP) is 5.38. The van der Waals surface area contributed by atoms with Crippen molar-refractivity contribution in [1.29, 1.82) is 0 Å². The molecule has 8 nitrogen and oxygen atoms in total. The highest BCUT2D eigenvalue weighted by Gasteiger charge is 2.16. The molecular weight excluding hydrogens is 500 g/mol. The van der Waals surface area contributed by atoms with Crippen LogP contribution in [-0.4, -0.2) is 52.2 Å². The number of hydrogen-bond donors (Lipinski definition) is 1. The second kappa shape index (κ2) is 13.5. The zero-order valence-corrected chi connectivity index (χ0v) is 22.4. The lowest BCUT2D eigenvalue weighted by atomic mass is 10.00. The van der Waals surface area contributed by atoms with Crippen LogP contribution in [0.5, 0.6) is 34.5 Å². The van der Waals surface area contributed by atoms with Gasteiger partial charge in [0.15, 0.2) is 23.1 Å². The van der Waals surface area contributed by atoms with E-state index in [-0.39, 0.29) is 17.1 Å². The molecule has 0 heterocycles. The third-order valence-electron chi connectivity index (χ3n) is 5.76. The lowest BCUT2D eigenvalue weighted by molar-refractivity contribution is -0.116. The van der Waals surface area contributed by atoms with Gasteiger partial charge in [-0.3, -0.25) is 9.59 Å². The predicted molar refractivity (Wildman–Crippen MR) is 150 cm³/mol. The molecule has 0 aliphatic carbocycles.